The fourth-order valence-electron chi connectivity index (χ4n) is 1.43. The lowest BCUT2D eigenvalue weighted by Crippen LogP contribution is -2.20. The Bertz CT molecular complexity index is 178. The van der Waals surface area contributed by atoms with E-state index in [0.29, 0.717) is 5.57 Å². The average molecular weight is 168 g/mol. The quantitative estimate of drug-likeness (QED) is 0.467. The molecule has 0 unspecified atom stereocenters. The number of esters is 1. The third-order valence-corrected chi connectivity index (χ3v) is 2.17. The SMILES string of the molecule is C=C(C)C(=O)OC1CCCCC1. The van der Waals surface area contributed by atoms with Crippen molar-refractivity contribution >= 4 is 5.97 Å². The molecule has 0 heterocycles. The molecule has 0 amide bonds. The van der Waals surface area contributed by atoms with Gasteiger partial charge < -0.3 is 4.74 Å². The van der Waals surface area contributed by atoms with E-state index in [-0.39, 0.29) is 12.1 Å². The molecule has 0 aliphatic heterocycles. The van der Waals surface area contributed by atoms with Crippen LogP contribution in [0.1, 0.15) is 39.0 Å². The number of carbonyl (C=O) groups is 1. The number of ether oxygens (including phenoxy) is 1. The van der Waals surface area contributed by atoms with Crippen molar-refractivity contribution in [2.24, 2.45) is 0 Å². The Morgan fingerprint density at radius 2 is 1.92 bits per heavy atom. The lowest BCUT2D eigenvalue weighted by molar-refractivity contribution is -0.145. The summed E-state index contributed by atoms with van der Waals surface area (Å²) in [5.74, 6) is -0.234. The predicted octanol–water partition coefficient (Wildman–Crippen LogP) is 2.44. The van der Waals surface area contributed by atoms with E-state index in [4.69, 9.17) is 4.74 Å². The highest BCUT2D eigenvalue weighted by molar-refractivity contribution is 5.87. The first-order chi connectivity index (χ1) is 5.70. The molecule has 1 aliphatic rings. The second-order valence-corrected chi connectivity index (χ2v) is 3.45. The van der Waals surface area contributed by atoms with E-state index in [1.54, 1.807) is 6.92 Å². The van der Waals surface area contributed by atoms with Crippen molar-refractivity contribution in [1.29, 1.82) is 0 Å². The Balaban J connectivity index is 2.29. The first-order valence-electron chi connectivity index (χ1n) is 4.56. The highest BCUT2D eigenvalue weighted by atomic mass is 16.5. The van der Waals surface area contributed by atoms with Crippen molar-refractivity contribution in [1.82, 2.24) is 0 Å². The second kappa shape index (κ2) is 4.29. The van der Waals surface area contributed by atoms with Gasteiger partial charge in [0.05, 0.1) is 0 Å². The lowest BCUT2D eigenvalue weighted by atomic mass is 9.98. The number of carbonyl (C=O) groups excluding carboxylic acids is 1. The van der Waals surface area contributed by atoms with Crippen molar-refractivity contribution in [3.63, 3.8) is 0 Å². The summed E-state index contributed by atoms with van der Waals surface area (Å²) in [6, 6.07) is 0. The molecular formula is C10H16O2. The molecule has 0 saturated heterocycles. The van der Waals surface area contributed by atoms with Crippen LogP contribution in [0.15, 0.2) is 12.2 Å². The maximum Gasteiger partial charge on any atom is 0.333 e. The van der Waals surface area contributed by atoms with Crippen LogP contribution in [-0.2, 0) is 9.53 Å². The standard InChI is InChI=1S/C10H16O2/c1-8(2)10(11)12-9-6-4-3-5-7-9/h9H,1,3-7H2,2H3. The zero-order valence-corrected chi connectivity index (χ0v) is 7.64. The minimum atomic E-state index is -0.234. The smallest absolute Gasteiger partial charge is 0.333 e. The molecule has 1 rings (SSSR count). The molecule has 1 fully saturated rings. The van der Waals surface area contributed by atoms with Crippen LogP contribution < -0.4 is 0 Å². The molecule has 0 aromatic heterocycles. The maximum absolute atomic E-state index is 11.1. The van der Waals surface area contributed by atoms with Gasteiger partial charge in [-0.1, -0.05) is 13.0 Å². The van der Waals surface area contributed by atoms with E-state index >= 15 is 0 Å². The summed E-state index contributed by atoms with van der Waals surface area (Å²) in [4.78, 5) is 11.1. The van der Waals surface area contributed by atoms with Crippen LogP contribution in [0.3, 0.4) is 0 Å². The van der Waals surface area contributed by atoms with Crippen LogP contribution in [0.4, 0.5) is 0 Å². The van der Waals surface area contributed by atoms with Crippen molar-refractivity contribution in [2.75, 3.05) is 0 Å². The van der Waals surface area contributed by atoms with Crippen molar-refractivity contribution in [2.45, 2.75) is 45.1 Å². The van der Waals surface area contributed by atoms with Crippen molar-refractivity contribution in [3.8, 4) is 0 Å². The Morgan fingerprint density at radius 1 is 1.33 bits per heavy atom. The topological polar surface area (TPSA) is 26.3 Å². The Kier molecular flexibility index (Phi) is 3.32. The highest BCUT2D eigenvalue weighted by Gasteiger charge is 2.17. The van der Waals surface area contributed by atoms with Crippen LogP contribution >= 0.6 is 0 Å². The molecule has 2 heteroatoms. The fourth-order valence-corrected chi connectivity index (χ4v) is 1.43. The van der Waals surface area contributed by atoms with E-state index in [0.717, 1.165) is 12.8 Å². The van der Waals surface area contributed by atoms with Gasteiger partial charge in [-0.15, -0.1) is 0 Å². The number of hydrogen-bond donors (Lipinski definition) is 0. The largest absolute Gasteiger partial charge is 0.459 e. The minimum absolute atomic E-state index is 0.156. The molecule has 0 N–H and O–H groups in total. The van der Waals surface area contributed by atoms with Crippen molar-refractivity contribution < 1.29 is 9.53 Å². The third kappa shape index (κ3) is 2.68. The zero-order valence-electron chi connectivity index (χ0n) is 7.64. The molecule has 1 aliphatic carbocycles. The van der Waals surface area contributed by atoms with E-state index in [2.05, 4.69) is 6.58 Å². The molecule has 0 bridgehead atoms. The molecule has 0 atom stereocenters. The Morgan fingerprint density at radius 3 is 2.42 bits per heavy atom. The van der Waals surface area contributed by atoms with E-state index in [1.165, 1.54) is 19.3 Å². The van der Waals surface area contributed by atoms with Gasteiger partial charge >= 0.3 is 5.97 Å². The summed E-state index contributed by atoms with van der Waals surface area (Å²) in [6.07, 6.45) is 5.87. The molecule has 0 aromatic carbocycles. The van der Waals surface area contributed by atoms with Gasteiger partial charge in [0.1, 0.15) is 6.10 Å². The first-order valence-corrected chi connectivity index (χ1v) is 4.56. The molecule has 2 nitrogen and oxygen atoms in total. The molecular weight excluding hydrogens is 152 g/mol. The fraction of sp³-hybridized carbons (Fsp3) is 0.700. The number of rotatable bonds is 2. The lowest BCUT2D eigenvalue weighted by Gasteiger charge is -2.21. The molecule has 0 aromatic rings. The normalized spacial score (nSPS) is 18.8. The van der Waals surface area contributed by atoms with E-state index in [9.17, 15) is 4.79 Å². The average Bonchev–Trinajstić information content (AvgIpc) is 2.06. The summed E-state index contributed by atoms with van der Waals surface area (Å²) < 4.78 is 5.21. The second-order valence-electron chi connectivity index (χ2n) is 3.45. The molecule has 68 valence electrons. The Hall–Kier alpha value is -0.790. The third-order valence-electron chi connectivity index (χ3n) is 2.17. The maximum atomic E-state index is 11.1. The monoisotopic (exact) mass is 168 g/mol. The first kappa shape index (κ1) is 9.30. The summed E-state index contributed by atoms with van der Waals surface area (Å²) >= 11 is 0. The van der Waals surface area contributed by atoms with Gasteiger partial charge in [-0.2, -0.15) is 0 Å². The Labute approximate surface area is 73.6 Å². The van der Waals surface area contributed by atoms with Gasteiger partial charge in [0.2, 0.25) is 0 Å². The van der Waals surface area contributed by atoms with Crippen LogP contribution in [-0.4, -0.2) is 12.1 Å². The molecule has 0 spiro atoms. The van der Waals surface area contributed by atoms with E-state index in [1.807, 2.05) is 0 Å². The summed E-state index contributed by atoms with van der Waals surface area (Å²) in [7, 11) is 0. The van der Waals surface area contributed by atoms with Gasteiger partial charge in [-0.05, 0) is 32.6 Å². The predicted molar refractivity (Wildman–Crippen MR) is 47.8 cm³/mol. The van der Waals surface area contributed by atoms with Gasteiger partial charge in [-0.25, -0.2) is 4.79 Å². The molecule has 1 saturated carbocycles. The van der Waals surface area contributed by atoms with E-state index < -0.39 is 0 Å². The zero-order chi connectivity index (χ0) is 8.97. The van der Waals surface area contributed by atoms with Crippen LogP contribution in [0.2, 0.25) is 0 Å². The summed E-state index contributed by atoms with van der Waals surface area (Å²) in [5, 5.41) is 0. The minimum Gasteiger partial charge on any atom is -0.459 e. The molecule has 12 heavy (non-hydrogen) atoms. The van der Waals surface area contributed by atoms with Gasteiger partial charge in [-0.3, -0.25) is 0 Å². The van der Waals surface area contributed by atoms with Gasteiger partial charge in [0.25, 0.3) is 0 Å². The van der Waals surface area contributed by atoms with Crippen LogP contribution in [0.5, 0.6) is 0 Å². The number of hydrogen-bond acceptors (Lipinski definition) is 2. The summed E-state index contributed by atoms with van der Waals surface area (Å²) in [5.41, 5.74) is 0.501. The van der Waals surface area contributed by atoms with Gasteiger partial charge in [0, 0.05) is 5.57 Å². The summed E-state index contributed by atoms with van der Waals surface area (Å²) in [6.45, 7) is 5.23. The van der Waals surface area contributed by atoms with Crippen LogP contribution in [0, 0.1) is 0 Å². The molecule has 0 radical (unpaired) electrons. The van der Waals surface area contributed by atoms with Crippen molar-refractivity contribution in [3.05, 3.63) is 12.2 Å². The van der Waals surface area contributed by atoms with Crippen LogP contribution in [0.25, 0.3) is 0 Å². The highest BCUT2D eigenvalue weighted by Crippen LogP contribution is 2.20. The van der Waals surface area contributed by atoms with Gasteiger partial charge in [0.15, 0.2) is 0 Å².